The molecule has 0 bridgehead atoms. The molecule has 31 heavy (non-hydrogen) atoms. The van der Waals surface area contributed by atoms with Crippen molar-refractivity contribution >= 4 is 16.7 Å². The van der Waals surface area contributed by atoms with Crippen LogP contribution in [0.3, 0.4) is 0 Å². The molecule has 2 aromatic carbocycles. The van der Waals surface area contributed by atoms with E-state index in [-0.39, 0.29) is 17.9 Å². The summed E-state index contributed by atoms with van der Waals surface area (Å²) >= 11 is 0. The highest BCUT2D eigenvalue weighted by Crippen LogP contribution is 2.29. The molecule has 0 atom stereocenters. The summed E-state index contributed by atoms with van der Waals surface area (Å²) in [4.78, 5) is 32.0. The van der Waals surface area contributed by atoms with Gasteiger partial charge in [0.05, 0.1) is 23.1 Å². The number of nitro groups is 1. The number of hydrogen-bond donors (Lipinski definition) is 0. The molecule has 0 fully saturated rings. The highest BCUT2D eigenvalue weighted by molar-refractivity contribution is 5.77. The molecule has 158 valence electrons. The zero-order valence-corrected chi connectivity index (χ0v) is 16.8. The Morgan fingerprint density at radius 1 is 1.19 bits per heavy atom. The summed E-state index contributed by atoms with van der Waals surface area (Å²) in [5.41, 5.74) is 0.952. The summed E-state index contributed by atoms with van der Waals surface area (Å²) in [7, 11) is 1.35. The summed E-state index contributed by atoms with van der Waals surface area (Å²) in [6, 6.07) is 11.1. The normalized spacial score (nSPS) is 11.1. The van der Waals surface area contributed by atoms with Gasteiger partial charge in [0.1, 0.15) is 17.4 Å². The zero-order valence-electron chi connectivity index (χ0n) is 16.8. The Labute approximate surface area is 175 Å². The second-order valence-corrected chi connectivity index (χ2v) is 6.73. The second-order valence-electron chi connectivity index (χ2n) is 6.73. The fourth-order valence-electron chi connectivity index (χ4n) is 3.56. The van der Waals surface area contributed by atoms with Gasteiger partial charge in [-0.1, -0.05) is 12.1 Å². The maximum atomic E-state index is 13.9. The Kier molecular flexibility index (Phi) is 5.20. The molecule has 9 nitrogen and oxygen atoms in total. The number of fused-ring (bicyclic) bond motifs is 1. The first-order valence-corrected chi connectivity index (χ1v) is 9.48. The number of benzene rings is 2. The van der Waals surface area contributed by atoms with Gasteiger partial charge in [0, 0.05) is 36.9 Å². The predicted octanol–water partition coefficient (Wildman–Crippen LogP) is 3.25. The van der Waals surface area contributed by atoms with Crippen LogP contribution in [0.2, 0.25) is 0 Å². The number of imidazole rings is 1. The lowest BCUT2D eigenvalue weighted by atomic mass is 10.1. The molecule has 2 aromatic heterocycles. The van der Waals surface area contributed by atoms with Crippen LogP contribution in [0.5, 0.6) is 5.75 Å². The number of nitro benzene ring substituents is 1. The second kappa shape index (κ2) is 7.98. The number of halogens is 1. The van der Waals surface area contributed by atoms with Gasteiger partial charge in [0.15, 0.2) is 0 Å². The number of ether oxygens (including phenoxy) is 1. The number of rotatable bonds is 6. The van der Waals surface area contributed by atoms with E-state index in [1.807, 2.05) is 31.2 Å². The van der Waals surface area contributed by atoms with Gasteiger partial charge in [-0.05, 0) is 25.1 Å². The molecule has 0 spiro atoms. The lowest BCUT2D eigenvalue weighted by Gasteiger charge is -2.09. The molecule has 0 saturated carbocycles. The predicted molar refractivity (Wildman–Crippen MR) is 111 cm³/mol. The van der Waals surface area contributed by atoms with Crippen LogP contribution >= 0.6 is 0 Å². The van der Waals surface area contributed by atoms with Crippen LogP contribution in [0.25, 0.3) is 16.9 Å². The Hall–Kier alpha value is -4.08. The van der Waals surface area contributed by atoms with Crippen LogP contribution < -0.4 is 10.4 Å². The number of aryl methyl sites for hydroxylation is 1. The number of hydrogen-bond acceptors (Lipinski definition) is 6. The van der Waals surface area contributed by atoms with E-state index in [0.29, 0.717) is 29.3 Å². The summed E-state index contributed by atoms with van der Waals surface area (Å²) in [6.07, 6.45) is 1.56. The minimum Gasteiger partial charge on any atom is -0.496 e. The molecule has 4 rings (SSSR count). The van der Waals surface area contributed by atoms with Gasteiger partial charge in [0.2, 0.25) is 5.82 Å². The van der Waals surface area contributed by atoms with Gasteiger partial charge < -0.3 is 4.74 Å². The molecule has 0 aliphatic heterocycles. The van der Waals surface area contributed by atoms with E-state index >= 15 is 0 Å². The third-order valence-corrected chi connectivity index (χ3v) is 4.97. The molecule has 0 N–H and O–H groups in total. The van der Waals surface area contributed by atoms with Crippen molar-refractivity contribution in [3.63, 3.8) is 0 Å². The SMILES string of the molecule is CCn1c(=O)n(-c2ccnc(Cc3cc([N+](=O)[O-])c(F)cc3OC)n2)c2ccccc21. The van der Waals surface area contributed by atoms with E-state index in [1.54, 1.807) is 10.6 Å². The Morgan fingerprint density at radius 3 is 2.61 bits per heavy atom. The first-order valence-electron chi connectivity index (χ1n) is 9.48. The smallest absolute Gasteiger partial charge is 0.334 e. The lowest BCUT2D eigenvalue weighted by molar-refractivity contribution is -0.387. The van der Waals surface area contributed by atoms with Gasteiger partial charge >= 0.3 is 11.4 Å². The van der Waals surface area contributed by atoms with Gasteiger partial charge in [-0.3, -0.25) is 14.7 Å². The summed E-state index contributed by atoms with van der Waals surface area (Å²) in [5, 5.41) is 11.1. The number of para-hydroxylation sites is 2. The molecular formula is C21H18FN5O4. The van der Waals surface area contributed by atoms with E-state index in [9.17, 15) is 19.3 Å². The summed E-state index contributed by atoms with van der Waals surface area (Å²) in [6.45, 7) is 2.39. The van der Waals surface area contributed by atoms with E-state index < -0.39 is 16.4 Å². The molecule has 2 heterocycles. The van der Waals surface area contributed by atoms with Crippen molar-refractivity contribution in [2.24, 2.45) is 0 Å². The van der Waals surface area contributed by atoms with Crippen molar-refractivity contribution in [1.82, 2.24) is 19.1 Å². The topological polar surface area (TPSA) is 105 Å². The van der Waals surface area contributed by atoms with Gasteiger partial charge in [-0.2, -0.15) is 4.39 Å². The van der Waals surface area contributed by atoms with Crippen LogP contribution in [0, 0.1) is 15.9 Å². The van der Waals surface area contributed by atoms with E-state index in [1.165, 1.54) is 17.9 Å². The molecule has 0 saturated heterocycles. The van der Waals surface area contributed by atoms with E-state index in [4.69, 9.17) is 4.74 Å². The number of methoxy groups -OCH3 is 1. The minimum absolute atomic E-state index is 0.0549. The van der Waals surface area contributed by atoms with Gasteiger partial charge in [0.25, 0.3) is 0 Å². The van der Waals surface area contributed by atoms with E-state index in [0.717, 1.165) is 17.6 Å². The van der Waals surface area contributed by atoms with Crippen molar-refractivity contribution in [3.8, 4) is 11.6 Å². The maximum Gasteiger partial charge on any atom is 0.334 e. The quantitative estimate of drug-likeness (QED) is 0.348. The van der Waals surface area contributed by atoms with Crippen LogP contribution in [0.1, 0.15) is 18.3 Å². The third kappa shape index (κ3) is 3.52. The maximum absolute atomic E-state index is 13.9. The highest BCUT2D eigenvalue weighted by atomic mass is 19.1. The summed E-state index contributed by atoms with van der Waals surface area (Å²) in [5.74, 6) is -0.165. The molecule has 0 radical (unpaired) electrons. The molecule has 10 heteroatoms. The fourth-order valence-corrected chi connectivity index (χ4v) is 3.56. The average molecular weight is 423 g/mol. The zero-order chi connectivity index (χ0) is 22.1. The Balaban J connectivity index is 1.81. The lowest BCUT2D eigenvalue weighted by Crippen LogP contribution is -2.23. The van der Waals surface area contributed by atoms with Crippen molar-refractivity contribution < 1.29 is 14.1 Å². The molecule has 0 aliphatic rings. The average Bonchev–Trinajstić information content (AvgIpc) is 3.05. The van der Waals surface area contributed by atoms with Crippen molar-refractivity contribution in [1.29, 1.82) is 0 Å². The summed E-state index contributed by atoms with van der Waals surface area (Å²) < 4.78 is 22.2. The minimum atomic E-state index is -0.987. The molecule has 4 aromatic rings. The largest absolute Gasteiger partial charge is 0.496 e. The molecule has 0 aliphatic carbocycles. The van der Waals surface area contributed by atoms with Gasteiger partial charge in [-0.25, -0.2) is 19.3 Å². The molecular weight excluding hydrogens is 405 g/mol. The van der Waals surface area contributed by atoms with Crippen LogP contribution in [0.4, 0.5) is 10.1 Å². The van der Waals surface area contributed by atoms with Crippen molar-refractivity contribution in [2.45, 2.75) is 19.9 Å². The van der Waals surface area contributed by atoms with E-state index in [2.05, 4.69) is 9.97 Å². The first kappa shape index (κ1) is 20.2. The monoisotopic (exact) mass is 423 g/mol. The Bertz CT molecular complexity index is 1360. The Morgan fingerprint density at radius 2 is 1.94 bits per heavy atom. The molecule has 0 amide bonds. The van der Waals surface area contributed by atoms with Crippen LogP contribution in [0.15, 0.2) is 53.5 Å². The number of aromatic nitrogens is 4. The standard InChI is InChI=1S/C21H18FN5O4/c1-3-25-15-6-4-5-7-16(15)26(21(25)28)20-8-9-23-19(24-20)11-13-10-17(27(29)30)14(22)12-18(13)31-2/h4-10,12H,3,11H2,1-2H3. The van der Waals surface area contributed by atoms with Crippen LogP contribution in [-0.2, 0) is 13.0 Å². The third-order valence-electron chi connectivity index (χ3n) is 4.97. The van der Waals surface area contributed by atoms with Crippen molar-refractivity contribution in [3.05, 3.63) is 86.5 Å². The van der Waals surface area contributed by atoms with Crippen molar-refractivity contribution in [2.75, 3.05) is 7.11 Å². The van der Waals surface area contributed by atoms with Crippen LogP contribution in [-0.4, -0.2) is 31.1 Å². The fraction of sp³-hybridized carbons (Fsp3) is 0.190. The molecule has 0 unspecified atom stereocenters. The first-order chi connectivity index (χ1) is 14.9. The van der Waals surface area contributed by atoms with Gasteiger partial charge in [-0.15, -0.1) is 0 Å². The highest BCUT2D eigenvalue weighted by Gasteiger charge is 2.20. The number of nitrogens with zero attached hydrogens (tertiary/aromatic N) is 5.